The molecule has 0 aromatic carbocycles. The van der Waals surface area contributed by atoms with Gasteiger partial charge in [0.15, 0.2) is 0 Å². The molecule has 9 heteroatoms. The minimum Gasteiger partial charge on any atom is -0.457 e. The first-order chi connectivity index (χ1) is 26.6. The summed E-state index contributed by atoms with van der Waals surface area (Å²) in [6.45, 7) is 5.57. The van der Waals surface area contributed by atoms with Crippen LogP contribution < -0.4 is 0 Å². The van der Waals surface area contributed by atoms with Crippen LogP contribution in [-0.2, 0) is 27.9 Å². The zero-order chi connectivity index (χ0) is 40.6. The predicted octanol–water partition coefficient (Wildman–Crippen LogP) is 13.4. The van der Waals surface area contributed by atoms with Gasteiger partial charge in [-0.25, -0.2) is 4.57 Å². The number of esters is 1. The molecule has 0 aromatic rings. The van der Waals surface area contributed by atoms with Gasteiger partial charge in [0, 0.05) is 13.0 Å². The minimum atomic E-state index is -4.28. The number of ether oxygens (including phenoxy) is 2. The molecule has 0 saturated heterocycles. The lowest BCUT2D eigenvalue weighted by Gasteiger charge is -2.24. The van der Waals surface area contributed by atoms with E-state index in [4.69, 9.17) is 18.5 Å². The summed E-state index contributed by atoms with van der Waals surface area (Å²) >= 11 is 0. The number of likely N-dealkylation sites (N-methyl/N-ethyl adjacent to an activating group) is 1. The number of hydrogen-bond donors (Lipinski definition) is 1. The highest BCUT2D eigenvalue weighted by Crippen LogP contribution is 2.43. The fourth-order valence-electron chi connectivity index (χ4n) is 6.11. The first kappa shape index (κ1) is 53.7. The molecule has 324 valence electrons. The lowest BCUT2D eigenvalue weighted by Crippen LogP contribution is -2.37. The van der Waals surface area contributed by atoms with E-state index in [0.717, 1.165) is 44.9 Å². The van der Waals surface area contributed by atoms with Crippen molar-refractivity contribution in [2.24, 2.45) is 0 Å². The Morgan fingerprint density at radius 2 is 1.00 bits per heavy atom. The Kier molecular flexibility index (Phi) is 38.6. The summed E-state index contributed by atoms with van der Waals surface area (Å²) in [4.78, 5) is 22.9. The van der Waals surface area contributed by atoms with Crippen molar-refractivity contribution in [1.29, 1.82) is 0 Å². The number of unbranched alkanes of at least 4 members (excludes halogenated alkanes) is 22. The van der Waals surface area contributed by atoms with Gasteiger partial charge < -0.3 is 18.9 Å². The number of phosphoric ester groups is 1. The molecule has 0 fully saturated rings. The third-order valence-electron chi connectivity index (χ3n) is 9.67. The Morgan fingerprint density at radius 3 is 1.53 bits per heavy atom. The van der Waals surface area contributed by atoms with Crippen LogP contribution in [0.1, 0.15) is 194 Å². The maximum atomic E-state index is 12.7. The predicted molar refractivity (Wildman–Crippen MR) is 233 cm³/mol. The number of nitrogens with zero attached hydrogens (tertiary/aromatic N) is 1. The van der Waals surface area contributed by atoms with Crippen LogP contribution in [0.5, 0.6) is 0 Å². The molecule has 0 aliphatic rings. The number of allylic oxidation sites excluding steroid dienone is 6. The fraction of sp³-hybridized carbons (Fsp3) is 0.848. The van der Waals surface area contributed by atoms with Crippen LogP contribution in [0.2, 0.25) is 0 Å². The van der Waals surface area contributed by atoms with Crippen LogP contribution in [0.15, 0.2) is 36.5 Å². The number of quaternary nitrogens is 1. The largest absolute Gasteiger partial charge is 0.472 e. The molecular formula is C46H89NO7P+. The van der Waals surface area contributed by atoms with Crippen molar-refractivity contribution in [2.75, 3.05) is 54.1 Å². The zero-order valence-electron chi connectivity index (χ0n) is 36.7. The van der Waals surface area contributed by atoms with Crippen LogP contribution in [0.25, 0.3) is 0 Å². The molecule has 0 aliphatic heterocycles. The third kappa shape index (κ3) is 43.7. The second-order valence-electron chi connectivity index (χ2n) is 16.4. The molecule has 0 bridgehead atoms. The molecule has 55 heavy (non-hydrogen) atoms. The van der Waals surface area contributed by atoms with Gasteiger partial charge in [0.1, 0.15) is 19.3 Å². The minimum absolute atomic E-state index is 0.0855. The summed E-state index contributed by atoms with van der Waals surface area (Å²) in [5.74, 6) is -0.322. The number of phosphoric acid groups is 1. The van der Waals surface area contributed by atoms with Crippen LogP contribution in [0, 0.1) is 0 Å². The molecular weight excluding hydrogens is 709 g/mol. The quantitative estimate of drug-likeness (QED) is 0.0216. The van der Waals surface area contributed by atoms with Crippen molar-refractivity contribution in [1.82, 2.24) is 0 Å². The average Bonchev–Trinajstić information content (AvgIpc) is 3.13. The fourth-order valence-corrected chi connectivity index (χ4v) is 6.85. The third-order valence-corrected chi connectivity index (χ3v) is 10.7. The molecule has 0 aliphatic carbocycles. The van der Waals surface area contributed by atoms with E-state index in [2.05, 4.69) is 50.3 Å². The van der Waals surface area contributed by atoms with Gasteiger partial charge in [-0.15, -0.1) is 0 Å². The van der Waals surface area contributed by atoms with Crippen LogP contribution >= 0.6 is 7.82 Å². The molecule has 0 saturated carbocycles. The zero-order valence-corrected chi connectivity index (χ0v) is 37.6. The van der Waals surface area contributed by atoms with Crippen LogP contribution in [-0.4, -0.2) is 75.6 Å². The van der Waals surface area contributed by atoms with E-state index in [1.54, 1.807) is 0 Å². The van der Waals surface area contributed by atoms with Crippen molar-refractivity contribution >= 4 is 13.8 Å². The van der Waals surface area contributed by atoms with Crippen molar-refractivity contribution < 1.29 is 37.3 Å². The normalized spacial score (nSPS) is 14.1. The van der Waals surface area contributed by atoms with Gasteiger partial charge in [0.25, 0.3) is 0 Å². The van der Waals surface area contributed by atoms with Gasteiger partial charge in [-0.2, -0.15) is 0 Å². The molecule has 0 spiro atoms. The highest BCUT2D eigenvalue weighted by molar-refractivity contribution is 7.47. The Morgan fingerprint density at radius 1 is 0.564 bits per heavy atom. The van der Waals surface area contributed by atoms with E-state index in [-0.39, 0.29) is 25.8 Å². The maximum absolute atomic E-state index is 12.7. The van der Waals surface area contributed by atoms with Gasteiger partial charge in [0.05, 0.1) is 34.4 Å². The van der Waals surface area contributed by atoms with Crippen LogP contribution in [0.4, 0.5) is 0 Å². The summed E-state index contributed by atoms with van der Waals surface area (Å²) < 4.78 is 35.0. The highest BCUT2D eigenvalue weighted by Gasteiger charge is 2.26. The molecule has 2 unspecified atom stereocenters. The molecule has 0 rings (SSSR count). The van der Waals surface area contributed by atoms with Gasteiger partial charge in [-0.1, -0.05) is 153 Å². The van der Waals surface area contributed by atoms with E-state index < -0.39 is 13.9 Å². The summed E-state index contributed by atoms with van der Waals surface area (Å²) in [6, 6.07) is 0. The van der Waals surface area contributed by atoms with E-state index >= 15 is 0 Å². The number of carbonyl (C=O) groups excluding carboxylic acids is 1. The first-order valence-corrected chi connectivity index (χ1v) is 24.2. The number of rotatable bonds is 42. The number of hydrogen-bond acceptors (Lipinski definition) is 6. The summed E-state index contributed by atoms with van der Waals surface area (Å²) in [6.07, 6.45) is 46.0. The standard InChI is InChI=1S/C46H88NO7P/c1-6-8-10-12-14-16-18-20-22-24-25-27-29-31-33-35-37-39-46(48)54-45(44-53-55(49,50)52-42-40-47(3,4)5)43-51-41-38-36-34-32-30-28-26-23-21-19-17-15-13-11-9-7-2/h15,17,20-23,45H,6-14,16,18-19,24-44H2,1-5H3/p+1/b17-15-,22-20-,23-21-. The van der Waals surface area contributed by atoms with Crippen LogP contribution in [0.3, 0.4) is 0 Å². The monoisotopic (exact) mass is 799 g/mol. The van der Waals surface area contributed by atoms with Crippen molar-refractivity contribution in [3.8, 4) is 0 Å². The molecule has 0 radical (unpaired) electrons. The topological polar surface area (TPSA) is 91.3 Å². The van der Waals surface area contributed by atoms with Gasteiger partial charge in [-0.3, -0.25) is 13.8 Å². The lowest BCUT2D eigenvalue weighted by molar-refractivity contribution is -0.870. The van der Waals surface area contributed by atoms with Gasteiger partial charge >= 0.3 is 13.8 Å². The molecule has 0 amide bonds. The van der Waals surface area contributed by atoms with Crippen molar-refractivity contribution in [3.05, 3.63) is 36.5 Å². The SMILES string of the molecule is CCCCC/C=C\C/C=C\CCCCCCCCOCC(COP(=O)(O)OCC[N+](C)(C)C)OC(=O)CCCCCCCCC/C=C\CCCCCCCC. The van der Waals surface area contributed by atoms with E-state index in [1.165, 1.54) is 128 Å². The lowest BCUT2D eigenvalue weighted by atomic mass is 10.1. The Bertz CT molecular complexity index is 978. The van der Waals surface area contributed by atoms with Gasteiger partial charge in [-0.05, 0) is 70.6 Å². The molecule has 8 nitrogen and oxygen atoms in total. The Hall–Kier alpha value is -1.28. The van der Waals surface area contributed by atoms with E-state index in [1.807, 2.05) is 21.1 Å². The molecule has 0 aromatic heterocycles. The molecule has 1 N–H and O–H groups in total. The van der Waals surface area contributed by atoms with Crippen molar-refractivity contribution in [3.63, 3.8) is 0 Å². The highest BCUT2D eigenvalue weighted by atomic mass is 31.2. The summed E-state index contributed by atoms with van der Waals surface area (Å²) in [7, 11) is 1.66. The second-order valence-corrected chi connectivity index (χ2v) is 17.9. The smallest absolute Gasteiger partial charge is 0.457 e. The van der Waals surface area contributed by atoms with E-state index in [0.29, 0.717) is 24.1 Å². The molecule has 2 atom stereocenters. The summed E-state index contributed by atoms with van der Waals surface area (Å²) in [5.41, 5.74) is 0. The maximum Gasteiger partial charge on any atom is 0.472 e. The Labute approximate surface area is 340 Å². The van der Waals surface area contributed by atoms with E-state index in [9.17, 15) is 14.3 Å². The molecule has 0 heterocycles. The van der Waals surface area contributed by atoms with Gasteiger partial charge in [0.2, 0.25) is 0 Å². The summed E-state index contributed by atoms with van der Waals surface area (Å²) in [5, 5.41) is 0. The second kappa shape index (κ2) is 39.5. The first-order valence-electron chi connectivity index (χ1n) is 22.7. The average molecular weight is 799 g/mol. The van der Waals surface area contributed by atoms with Crippen molar-refractivity contribution in [2.45, 2.75) is 200 Å². The Balaban J connectivity index is 4.24. The number of carbonyl (C=O) groups is 1.